The Balaban J connectivity index is 1.95. The van der Waals surface area contributed by atoms with Gasteiger partial charge in [-0.25, -0.2) is 4.99 Å². The van der Waals surface area contributed by atoms with Crippen molar-refractivity contribution >= 4 is 11.5 Å². The summed E-state index contributed by atoms with van der Waals surface area (Å²) in [5.41, 5.74) is 3.98. The molecule has 0 saturated heterocycles. The molecule has 0 saturated carbocycles. The van der Waals surface area contributed by atoms with Crippen molar-refractivity contribution in [2.45, 2.75) is 6.42 Å². The number of hydrogen-bond acceptors (Lipinski definition) is 1. The molecule has 3 aromatic rings. The van der Waals surface area contributed by atoms with Crippen molar-refractivity contribution < 1.29 is 0 Å². The van der Waals surface area contributed by atoms with E-state index >= 15 is 0 Å². The van der Waals surface area contributed by atoms with Crippen LogP contribution in [0.2, 0.25) is 0 Å². The summed E-state index contributed by atoms with van der Waals surface area (Å²) in [5, 5.41) is 8.29. The molecule has 0 aliphatic carbocycles. The average molecular weight is 298 g/mol. The summed E-state index contributed by atoms with van der Waals surface area (Å²) in [6.07, 6.45) is 0.708. The summed E-state index contributed by atoms with van der Waals surface area (Å²) >= 11 is 0. The Kier molecular flexibility index (Phi) is 4.75. The van der Waals surface area contributed by atoms with Gasteiger partial charge in [-0.1, -0.05) is 91.0 Å². The van der Waals surface area contributed by atoms with Crippen LogP contribution in [0.4, 0.5) is 0 Å². The van der Waals surface area contributed by atoms with Crippen LogP contribution in [0.5, 0.6) is 0 Å². The SMILES string of the molecule is N=C(N=C(Cc1ccccc1)c1ccccc1)c1ccccc1. The second kappa shape index (κ2) is 7.32. The first-order valence-corrected chi connectivity index (χ1v) is 7.64. The molecule has 0 unspecified atom stereocenters. The van der Waals surface area contributed by atoms with Crippen LogP contribution in [0, 0.1) is 5.41 Å². The molecule has 2 heteroatoms. The fourth-order valence-electron chi connectivity index (χ4n) is 2.42. The number of benzene rings is 3. The zero-order chi connectivity index (χ0) is 15.9. The number of nitrogens with zero attached hydrogens (tertiary/aromatic N) is 1. The van der Waals surface area contributed by atoms with Crippen LogP contribution < -0.4 is 0 Å². The molecule has 112 valence electrons. The second-order valence-electron chi connectivity index (χ2n) is 5.30. The van der Waals surface area contributed by atoms with Crippen LogP contribution in [0.1, 0.15) is 16.7 Å². The molecule has 1 N–H and O–H groups in total. The molecule has 0 radical (unpaired) electrons. The van der Waals surface area contributed by atoms with Gasteiger partial charge in [-0.2, -0.15) is 0 Å². The first-order valence-electron chi connectivity index (χ1n) is 7.64. The van der Waals surface area contributed by atoms with Gasteiger partial charge in [0.2, 0.25) is 0 Å². The van der Waals surface area contributed by atoms with E-state index < -0.39 is 0 Å². The molecule has 0 aliphatic heterocycles. The van der Waals surface area contributed by atoms with E-state index in [2.05, 4.69) is 17.1 Å². The van der Waals surface area contributed by atoms with Gasteiger partial charge in [-0.15, -0.1) is 0 Å². The van der Waals surface area contributed by atoms with E-state index in [9.17, 15) is 0 Å². The van der Waals surface area contributed by atoms with E-state index in [1.807, 2.05) is 78.9 Å². The molecular formula is C21H18N2. The number of nitrogens with one attached hydrogen (secondary N) is 1. The first-order chi connectivity index (χ1) is 11.3. The fourth-order valence-corrected chi connectivity index (χ4v) is 2.42. The predicted molar refractivity (Wildman–Crippen MR) is 96.4 cm³/mol. The lowest BCUT2D eigenvalue weighted by molar-refractivity contribution is 1.30. The minimum absolute atomic E-state index is 0.292. The molecule has 0 fully saturated rings. The normalized spacial score (nSPS) is 11.2. The third-order valence-electron chi connectivity index (χ3n) is 3.62. The van der Waals surface area contributed by atoms with Gasteiger partial charge in [-0.05, 0) is 11.1 Å². The molecule has 0 spiro atoms. The third kappa shape index (κ3) is 4.01. The van der Waals surface area contributed by atoms with E-state index in [0.29, 0.717) is 12.3 Å². The minimum atomic E-state index is 0.292. The highest BCUT2D eigenvalue weighted by atomic mass is 14.8. The maximum Gasteiger partial charge on any atom is 0.152 e. The Labute approximate surface area is 136 Å². The van der Waals surface area contributed by atoms with E-state index in [1.54, 1.807) is 0 Å². The van der Waals surface area contributed by atoms with Crippen LogP contribution in [0.3, 0.4) is 0 Å². The first kappa shape index (κ1) is 14.9. The van der Waals surface area contributed by atoms with Crippen molar-refractivity contribution in [2.24, 2.45) is 4.99 Å². The average Bonchev–Trinajstić information content (AvgIpc) is 2.63. The number of amidine groups is 1. The number of aliphatic imine (C=N–C) groups is 1. The van der Waals surface area contributed by atoms with Crippen molar-refractivity contribution in [3.05, 3.63) is 108 Å². The highest BCUT2D eigenvalue weighted by Crippen LogP contribution is 2.11. The largest absolute Gasteiger partial charge is 0.282 e. The van der Waals surface area contributed by atoms with E-state index in [-0.39, 0.29) is 0 Å². The van der Waals surface area contributed by atoms with Gasteiger partial charge in [0.15, 0.2) is 5.84 Å². The van der Waals surface area contributed by atoms with Gasteiger partial charge in [-0.3, -0.25) is 5.41 Å². The Morgan fingerprint density at radius 3 is 1.70 bits per heavy atom. The topological polar surface area (TPSA) is 36.2 Å². The molecule has 0 aliphatic rings. The molecular weight excluding hydrogens is 280 g/mol. The second-order valence-corrected chi connectivity index (χ2v) is 5.30. The maximum atomic E-state index is 8.29. The van der Waals surface area contributed by atoms with E-state index in [0.717, 1.165) is 16.8 Å². The predicted octanol–water partition coefficient (Wildman–Crippen LogP) is 4.74. The van der Waals surface area contributed by atoms with Crippen LogP contribution in [0.15, 0.2) is 96.0 Å². The monoisotopic (exact) mass is 298 g/mol. The van der Waals surface area contributed by atoms with Crippen molar-refractivity contribution in [3.63, 3.8) is 0 Å². The fraction of sp³-hybridized carbons (Fsp3) is 0.0476. The quantitative estimate of drug-likeness (QED) is 0.533. The van der Waals surface area contributed by atoms with Crippen molar-refractivity contribution in [2.75, 3.05) is 0 Å². The minimum Gasteiger partial charge on any atom is -0.282 e. The molecule has 0 aromatic heterocycles. The van der Waals surface area contributed by atoms with Gasteiger partial charge in [0, 0.05) is 12.0 Å². The summed E-state index contributed by atoms with van der Waals surface area (Å²) in [5.74, 6) is 0.292. The lowest BCUT2D eigenvalue weighted by atomic mass is 10.0. The molecule has 2 nitrogen and oxygen atoms in total. The number of rotatable bonds is 4. The number of hydrogen-bond donors (Lipinski definition) is 1. The Morgan fingerprint density at radius 1 is 0.652 bits per heavy atom. The van der Waals surface area contributed by atoms with Gasteiger partial charge >= 0.3 is 0 Å². The summed E-state index contributed by atoms with van der Waals surface area (Å²) in [7, 11) is 0. The van der Waals surface area contributed by atoms with Crippen LogP contribution >= 0.6 is 0 Å². The van der Waals surface area contributed by atoms with Crippen LogP contribution in [0.25, 0.3) is 0 Å². The summed E-state index contributed by atoms with van der Waals surface area (Å²) in [6.45, 7) is 0. The van der Waals surface area contributed by atoms with E-state index in [4.69, 9.17) is 5.41 Å². The maximum absolute atomic E-state index is 8.29. The van der Waals surface area contributed by atoms with Gasteiger partial charge in [0.25, 0.3) is 0 Å². The molecule has 0 bridgehead atoms. The molecule has 0 heterocycles. The summed E-state index contributed by atoms with van der Waals surface area (Å²) in [6, 6.07) is 30.0. The Morgan fingerprint density at radius 2 is 1.13 bits per heavy atom. The molecule has 23 heavy (non-hydrogen) atoms. The van der Waals surface area contributed by atoms with Crippen LogP contribution in [-0.2, 0) is 6.42 Å². The summed E-state index contributed by atoms with van der Waals surface area (Å²) in [4.78, 5) is 4.61. The van der Waals surface area contributed by atoms with Gasteiger partial charge < -0.3 is 0 Å². The molecule has 0 atom stereocenters. The highest BCUT2D eigenvalue weighted by Gasteiger charge is 2.07. The zero-order valence-corrected chi connectivity index (χ0v) is 12.8. The van der Waals surface area contributed by atoms with Gasteiger partial charge in [0.05, 0.1) is 5.71 Å². The lowest BCUT2D eigenvalue weighted by Crippen LogP contribution is -2.09. The zero-order valence-electron chi connectivity index (χ0n) is 12.8. The summed E-state index contributed by atoms with van der Waals surface area (Å²) < 4.78 is 0. The Bertz CT molecular complexity index is 791. The van der Waals surface area contributed by atoms with Gasteiger partial charge in [0.1, 0.15) is 0 Å². The highest BCUT2D eigenvalue weighted by molar-refractivity contribution is 6.11. The molecule has 3 rings (SSSR count). The lowest BCUT2D eigenvalue weighted by Gasteiger charge is -2.08. The Hall–Kier alpha value is -3.00. The van der Waals surface area contributed by atoms with Crippen molar-refractivity contribution in [1.29, 1.82) is 5.41 Å². The van der Waals surface area contributed by atoms with Crippen molar-refractivity contribution in [1.82, 2.24) is 0 Å². The standard InChI is InChI=1S/C21H18N2/c22-21(19-14-8-3-9-15-19)23-20(18-12-6-2-7-13-18)16-17-10-4-1-5-11-17/h1-15,22H,16H2. The molecule has 0 amide bonds. The smallest absolute Gasteiger partial charge is 0.152 e. The third-order valence-corrected chi connectivity index (χ3v) is 3.62. The van der Waals surface area contributed by atoms with E-state index in [1.165, 1.54) is 5.56 Å². The molecule has 3 aromatic carbocycles. The van der Waals surface area contributed by atoms with Crippen molar-refractivity contribution in [3.8, 4) is 0 Å². The van der Waals surface area contributed by atoms with Crippen LogP contribution in [-0.4, -0.2) is 11.5 Å².